The highest BCUT2D eigenvalue weighted by Crippen LogP contribution is 2.21. The number of nitro groups is 1. The van der Waals surface area contributed by atoms with Gasteiger partial charge in [0.05, 0.1) is 9.82 Å². The average Bonchev–Trinajstić information content (AvgIpc) is 2.77. The highest BCUT2D eigenvalue weighted by molar-refractivity contribution is 7.89. The van der Waals surface area contributed by atoms with Crippen molar-refractivity contribution >= 4 is 27.6 Å². The standard InChI is InChI=1S/C19H21N5O6S/c20-19(26)21-13-14-1-3-15(4-2-14)18(25)22-9-11-23(12-10-22)31(29,30)17-7-5-16(6-8-17)24(27)28/h1-8H,9-13H2,(H3,20,21,26). The summed E-state index contributed by atoms with van der Waals surface area (Å²) in [6.45, 7) is 0.923. The Hall–Kier alpha value is -3.51. The lowest BCUT2D eigenvalue weighted by molar-refractivity contribution is -0.384. The first kappa shape index (κ1) is 22.2. The third-order valence-electron chi connectivity index (χ3n) is 4.88. The fourth-order valence-electron chi connectivity index (χ4n) is 3.16. The van der Waals surface area contributed by atoms with Crippen LogP contribution in [0.3, 0.4) is 0 Å². The van der Waals surface area contributed by atoms with Crippen molar-refractivity contribution in [2.45, 2.75) is 11.4 Å². The van der Waals surface area contributed by atoms with Gasteiger partial charge in [0.1, 0.15) is 0 Å². The molecule has 12 heteroatoms. The monoisotopic (exact) mass is 447 g/mol. The number of nitrogens with one attached hydrogen (secondary N) is 1. The summed E-state index contributed by atoms with van der Waals surface area (Å²) < 4.78 is 26.8. The van der Waals surface area contributed by atoms with Crippen LogP contribution in [0.25, 0.3) is 0 Å². The van der Waals surface area contributed by atoms with Crippen molar-refractivity contribution in [1.82, 2.24) is 14.5 Å². The van der Waals surface area contributed by atoms with Gasteiger partial charge in [0.15, 0.2) is 0 Å². The van der Waals surface area contributed by atoms with Gasteiger partial charge in [0, 0.05) is 50.4 Å². The van der Waals surface area contributed by atoms with E-state index in [1.54, 1.807) is 29.2 Å². The lowest BCUT2D eigenvalue weighted by Gasteiger charge is -2.34. The van der Waals surface area contributed by atoms with Crippen molar-refractivity contribution in [2.75, 3.05) is 26.2 Å². The van der Waals surface area contributed by atoms with E-state index >= 15 is 0 Å². The fraction of sp³-hybridized carbons (Fsp3) is 0.263. The molecule has 3 amide bonds. The maximum atomic E-state index is 12.8. The second kappa shape index (κ2) is 9.10. The molecule has 0 saturated carbocycles. The van der Waals surface area contributed by atoms with Crippen LogP contribution >= 0.6 is 0 Å². The third kappa shape index (κ3) is 5.16. The van der Waals surface area contributed by atoms with E-state index < -0.39 is 21.0 Å². The molecule has 0 spiro atoms. The number of nitro benzene ring substituents is 1. The highest BCUT2D eigenvalue weighted by Gasteiger charge is 2.30. The van der Waals surface area contributed by atoms with E-state index in [0.29, 0.717) is 5.56 Å². The minimum atomic E-state index is -3.81. The molecular formula is C19H21N5O6S. The number of sulfonamides is 1. The second-order valence-electron chi connectivity index (χ2n) is 6.86. The number of hydrogen-bond acceptors (Lipinski definition) is 6. The summed E-state index contributed by atoms with van der Waals surface area (Å²) in [5.74, 6) is -0.221. The van der Waals surface area contributed by atoms with Gasteiger partial charge in [0.2, 0.25) is 10.0 Å². The number of primary amides is 1. The van der Waals surface area contributed by atoms with Crippen LogP contribution in [-0.2, 0) is 16.6 Å². The number of carbonyl (C=O) groups is 2. The Morgan fingerprint density at radius 2 is 1.58 bits per heavy atom. The highest BCUT2D eigenvalue weighted by atomic mass is 32.2. The van der Waals surface area contributed by atoms with Crippen LogP contribution < -0.4 is 11.1 Å². The van der Waals surface area contributed by atoms with E-state index in [1.807, 2.05) is 0 Å². The molecule has 0 radical (unpaired) electrons. The summed E-state index contributed by atoms with van der Waals surface area (Å²) in [5.41, 5.74) is 6.08. The number of benzene rings is 2. The summed E-state index contributed by atoms with van der Waals surface area (Å²) in [7, 11) is -3.81. The van der Waals surface area contributed by atoms with Gasteiger partial charge in [-0.25, -0.2) is 13.2 Å². The number of amides is 3. The van der Waals surface area contributed by atoms with Crippen molar-refractivity contribution in [2.24, 2.45) is 5.73 Å². The van der Waals surface area contributed by atoms with Crippen LogP contribution in [-0.4, -0.2) is 60.7 Å². The Bertz CT molecular complexity index is 1080. The molecule has 3 N–H and O–H groups in total. The molecule has 2 aromatic carbocycles. The molecule has 0 aromatic heterocycles. The Balaban J connectivity index is 1.61. The molecule has 0 atom stereocenters. The number of hydrogen-bond donors (Lipinski definition) is 2. The molecule has 1 aliphatic heterocycles. The first-order valence-corrected chi connectivity index (χ1v) is 10.8. The van der Waals surface area contributed by atoms with Gasteiger partial charge >= 0.3 is 6.03 Å². The Morgan fingerprint density at radius 3 is 2.10 bits per heavy atom. The predicted octanol–water partition coefficient (Wildman–Crippen LogP) is 0.910. The van der Waals surface area contributed by atoms with Gasteiger partial charge in [-0.3, -0.25) is 14.9 Å². The van der Waals surface area contributed by atoms with Crippen molar-refractivity contribution < 1.29 is 22.9 Å². The zero-order valence-corrected chi connectivity index (χ0v) is 17.2. The molecule has 0 aliphatic carbocycles. The van der Waals surface area contributed by atoms with Gasteiger partial charge in [-0.1, -0.05) is 12.1 Å². The zero-order chi connectivity index (χ0) is 22.6. The quantitative estimate of drug-likeness (QED) is 0.495. The number of piperazine rings is 1. The Morgan fingerprint density at radius 1 is 1.00 bits per heavy atom. The van der Waals surface area contributed by atoms with Crippen LogP contribution in [0, 0.1) is 10.1 Å². The van der Waals surface area contributed by atoms with E-state index in [9.17, 15) is 28.1 Å². The van der Waals surface area contributed by atoms with Gasteiger partial charge in [0.25, 0.3) is 11.6 Å². The van der Waals surface area contributed by atoms with Crippen LogP contribution in [0.1, 0.15) is 15.9 Å². The molecular weight excluding hydrogens is 426 g/mol. The van der Waals surface area contributed by atoms with Crippen molar-refractivity contribution in [3.05, 3.63) is 69.8 Å². The van der Waals surface area contributed by atoms with Crippen molar-refractivity contribution in [3.63, 3.8) is 0 Å². The van der Waals surface area contributed by atoms with Crippen LogP contribution in [0.2, 0.25) is 0 Å². The number of non-ortho nitro benzene ring substituents is 1. The normalized spacial score (nSPS) is 14.8. The van der Waals surface area contributed by atoms with Gasteiger partial charge in [-0.2, -0.15) is 4.31 Å². The number of urea groups is 1. The molecule has 3 rings (SSSR count). The van der Waals surface area contributed by atoms with Gasteiger partial charge < -0.3 is 16.0 Å². The Kier molecular flexibility index (Phi) is 6.51. The molecule has 1 heterocycles. The fourth-order valence-corrected chi connectivity index (χ4v) is 4.58. The molecule has 0 bridgehead atoms. The van der Waals surface area contributed by atoms with Gasteiger partial charge in [-0.05, 0) is 29.8 Å². The number of nitrogens with zero attached hydrogens (tertiary/aromatic N) is 3. The maximum Gasteiger partial charge on any atom is 0.312 e. The largest absolute Gasteiger partial charge is 0.352 e. The first-order chi connectivity index (χ1) is 14.7. The molecule has 1 aliphatic rings. The minimum absolute atomic E-state index is 0.0296. The number of carbonyl (C=O) groups excluding carboxylic acids is 2. The van der Waals surface area contributed by atoms with Crippen LogP contribution in [0.5, 0.6) is 0 Å². The molecule has 11 nitrogen and oxygen atoms in total. The summed E-state index contributed by atoms with van der Waals surface area (Å²) in [4.78, 5) is 35.2. The number of nitrogens with two attached hydrogens (primary N) is 1. The maximum absolute atomic E-state index is 12.8. The summed E-state index contributed by atoms with van der Waals surface area (Å²) in [6.07, 6.45) is 0. The first-order valence-electron chi connectivity index (χ1n) is 9.34. The lowest BCUT2D eigenvalue weighted by atomic mass is 10.1. The molecule has 1 fully saturated rings. The summed E-state index contributed by atoms with van der Waals surface area (Å²) >= 11 is 0. The minimum Gasteiger partial charge on any atom is -0.352 e. The smallest absolute Gasteiger partial charge is 0.312 e. The van der Waals surface area contributed by atoms with Crippen molar-refractivity contribution in [1.29, 1.82) is 0 Å². The zero-order valence-electron chi connectivity index (χ0n) is 16.4. The molecule has 0 unspecified atom stereocenters. The molecule has 164 valence electrons. The lowest BCUT2D eigenvalue weighted by Crippen LogP contribution is -2.50. The number of rotatable bonds is 6. The second-order valence-corrected chi connectivity index (χ2v) is 8.80. The molecule has 1 saturated heterocycles. The van der Waals surface area contributed by atoms with Gasteiger partial charge in [-0.15, -0.1) is 0 Å². The SMILES string of the molecule is NC(=O)NCc1ccc(C(=O)N2CCN(S(=O)(=O)c3ccc([N+](=O)[O-])cc3)CC2)cc1. The topological polar surface area (TPSA) is 156 Å². The van der Waals surface area contributed by atoms with E-state index in [0.717, 1.165) is 17.7 Å². The molecule has 31 heavy (non-hydrogen) atoms. The van der Waals surface area contributed by atoms with E-state index in [-0.39, 0.29) is 49.2 Å². The Labute approximate surface area is 178 Å². The summed E-state index contributed by atoms with van der Waals surface area (Å²) in [5, 5.41) is 13.2. The van der Waals surface area contributed by atoms with E-state index in [4.69, 9.17) is 5.73 Å². The average molecular weight is 447 g/mol. The van der Waals surface area contributed by atoms with E-state index in [1.165, 1.54) is 16.4 Å². The third-order valence-corrected chi connectivity index (χ3v) is 6.79. The molecule has 2 aromatic rings. The summed E-state index contributed by atoms with van der Waals surface area (Å²) in [6, 6.07) is 10.8. The van der Waals surface area contributed by atoms with Crippen LogP contribution in [0.4, 0.5) is 10.5 Å². The van der Waals surface area contributed by atoms with Crippen molar-refractivity contribution in [3.8, 4) is 0 Å². The van der Waals surface area contributed by atoms with E-state index in [2.05, 4.69) is 5.32 Å². The van der Waals surface area contributed by atoms with Crippen LogP contribution in [0.15, 0.2) is 53.4 Å². The predicted molar refractivity (Wildman–Crippen MR) is 111 cm³/mol.